The summed E-state index contributed by atoms with van der Waals surface area (Å²) in [5.74, 6) is 0.311. The van der Waals surface area contributed by atoms with Crippen molar-refractivity contribution < 1.29 is 19.1 Å². The number of fused-ring (bicyclic) bond motifs is 1. The Morgan fingerprint density at radius 1 is 1.21 bits per heavy atom. The van der Waals surface area contributed by atoms with E-state index in [0.717, 1.165) is 16.2 Å². The number of carbonyl (C=O) groups excluding carboxylic acids is 2. The van der Waals surface area contributed by atoms with E-state index in [0.29, 0.717) is 51.0 Å². The van der Waals surface area contributed by atoms with Crippen LogP contribution in [0.2, 0.25) is 5.02 Å². The van der Waals surface area contributed by atoms with E-state index in [-0.39, 0.29) is 17.8 Å². The zero-order valence-electron chi connectivity index (χ0n) is 16.6. The first kappa shape index (κ1) is 21.7. The molecule has 1 aromatic heterocycles. The van der Waals surface area contributed by atoms with Crippen LogP contribution < -0.4 is 0 Å². The molecule has 0 unspecified atom stereocenters. The van der Waals surface area contributed by atoms with E-state index in [1.807, 2.05) is 22.8 Å². The van der Waals surface area contributed by atoms with Crippen molar-refractivity contribution in [1.82, 2.24) is 19.4 Å². The molecule has 0 radical (unpaired) electrons. The number of carbonyl (C=O) groups is 2. The van der Waals surface area contributed by atoms with Crippen molar-refractivity contribution in [3.05, 3.63) is 23.2 Å². The Labute approximate surface area is 179 Å². The van der Waals surface area contributed by atoms with Gasteiger partial charge in [0.15, 0.2) is 5.16 Å². The van der Waals surface area contributed by atoms with Crippen LogP contribution in [0.5, 0.6) is 0 Å². The van der Waals surface area contributed by atoms with Gasteiger partial charge in [0.05, 0.1) is 30.0 Å². The molecule has 1 aliphatic heterocycles. The summed E-state index contributed by atoms with van der Waals surface area (Å²) in [5, 5.41) is 1.39. The fourth-order valence-corrected chi connectivity index (χ4v) is 4.27. The number of nitrogens with zero attached hydrogens (tertiary/aromatic N) is 4. The fourth-order valence-electron chi connectivity index (χ4n) is 3.16. The molecule has 158 valence electrons. The predicted molar refractivity (Wildman–Crippen MR) is 113 cm³/mol. The molecule has 2 amide bonds. The quantitative estimate of drug-likeness (QED) is 0.616. The normalized spacial score (nSPS) is 14.4. The lowest BCUT2D eigenvalue weighted by atomic mass is 10.3. The number of piperazine rings is 1. The second-order valence-electron chi connectivity index (χ2n) is 6.53. The zero-order chi connectivity index (χ0) is 20.8. The largest absolute Gasteiger partial charge is 0.450 e. The summed E-state index contributed by atoms with van der Waals surface area (Å²) >= 11 is 7.49. The van der Waals surface area contributed by atoms with E-state index in [9.17, 15) is 9.59 Å². The second kappa shape index (κ2) is 10.2. The highest BCUT2D eigenvalue weighted by molar-refractivity contribution is 7.99. The van der Waals surface area contributed by atoms with Crippen LogP contribution in [0.3, 0.4) is 0 Å². The minimum Gasteiger partial charge on any atom is -0.450 e. The average molecular weight is 441 g/mol. The third-order valence-corrected chi connectivity index (χ3v) is 5.87. The van der Waals surface area contributed by atoms with Crippen molar-refractivity contribution in [1.29, 1.82) is 0 Å². The molecule has 3 rings (SSSR count). The monoisotopic (exact) mass is 440 g/mol. The number of amides is 2. The van der Waals surface area contributed by atoms with Crippen LogP contribution >= 0.6 is 23.4 Å². The van der Waals surface area contributed by atoms with Crippen molar-refractivity contribution in [2.24, 2.45) is 0 Å². The molecule has 1 fully saturated rings. The fraction of sp³-hybridized carbons (Fsp3) is 0.526. The minimum atomic E-state index is -0.320. The van der Waals surface area contributed by atoms with Crippen LogP contribution in [0, 0.1) is 0 Å². The van der Waals surface area contributed by atoms with E-state index in [2.05, 4.69) is 4.98 Å². The molecule has 0 N–H and O–H groups in total. The molecule has 0 bridgehead atoms. The number of hydrogen-bond donors (Lipinski definition) is 0. The van der Waals surface area contributed by atoms with Gasteiger partial charge in [-0.25, -0.2) is 9.78 Å². The number of thioether (sulfide) groups is 1. The molecule has 0 spiro atoms. The van der Waals surface area contributed by atoms with E-state index < -0.39 is 0 Å². The van der Waals surface area contributed by atoms with Gasteiger partial charge in [-0.1, -0.05) is 23.4 Å². The van der Waals surface area contributed by atoms with Gasteiger partial charge in [-0.05, 0) is 25.1 Å². The van der Waals surface area contributed by atoms with Gasteiger partial charge >= 0.3 is 6.09 Å². The molecular formula is C19H25ClN4O4S. The number of imidazole rings is 1. The lowest BCUT2D eigenvalue weighted by Gasteiger charge is -2.34. The zero-order valence-corrected chi connectivity index (χ0v) is 18.2. The Kier molecular flexibility index (Phi) is 7.63. The number of halogens is 1. The molecular weight excluding hydrogens is 416 g/mol. The van der Waals surface area contributed by atoms with Gasteiger partial charge in [-0.2, -0.15) is 0 Å². The number of ether oxygens (including phenoxy) is 2. The topological polar surface area (TPSA) is 76.9 Å². The van der Waals surface area contributed by atoms with Crippen LogP contribution in [0.4, 0.5) is 4.79 Å². The highest BCUT2D eigenvalue weighted by Gasteiger charge is 2.25. The number of aromatic nitrogens is 2. The van der Waals surface area contributed by atoms with Gasteiger partial charge in [0.2, 0.25) is 5.91 Å². The van der Waals surface area contributed by atoms with E-state index >= 15 is 0 Å². The van der Waals surface area contributed by atoms with Gasteiger partial charge in [0.1, 0.15) is 0 Å². The maximum Gasteiger partial charge on any atom is 0.409 e. The number of methoxy groups -OCH3 is 1. The van der Waals surface area contributed by atoms with E-state index in [4.69, 9.17) is 21.1 Å². The smallest absolute Gasteiger partial charge is 0.409 e. The molecule has 0 atom stereocenters. The van der Waals surface area contributed by atoms with Gasteiger partial charge in [0, 0.05) is 44.9 Å². The Hall–Kier alpha value is -1.97. The molecule has 0 saturated carbocycles. The summed E-state index contributed by atoms with van der Waals surface area (Å²) in [7, 11) is 1.66. The van der Waals surface area contributed by atoms with E-state index in [1.54, 1.807) is 23.8 Å². The molecule has 2 heterocycles. The molecule has 8 nitrogen and oxygen atoms in total. The molecule has 2 aromatic rings. The number of hydrogen-bond acceptors (Lipinski definition) is 6. The first-order chi connectivity index (χ1) is 14.0. The Bertz CT molecular complexity index is 867. The summed E-state index contributed by atoms with van der Waals surface area (Å²) in [5.41, 5.74) is 1.76. The van der Waals surface area contributed by atoms with Crippen molar-refractivity contribution in [3.63, 3.8) is 0 Å². The van der Waals surface area contributed by atoms with Crippen molar-refractivity contribution in [2.45, 2.75) is 18.6 Å². The Morgan fingerprint density at radius 2 is 1.93 bits per heavy atom. The lowest BCUT2D eigenvalue weighted by Crippen LogP contribution is -2.51. The summed E-state index contributed by atoms with van der Waals surface area (Å²) in [6.07, 6.45) is -0.320. The SMILES string of the molecule is CCOC(=O)N1CCN(C(=O)CSc2nc3cc(Cl)ccc3n2CCOC)CC1. The highest BCUT2D eigenvalue weighted by Crippen LogP contribution is 2.26. The van der Waals surface area contributed by atoms with Gasteiger partial charge in [-0.3, -0.25) is 4.79 Å². The maximum atomic E-state index is 12.7. The minimum absolute atomic E-state index is 0.0295. The van der Waals surface area contributed by atoms with Crippen molar-refractivity contribution >= 4 is 46.4 Å². The first-order valence-corrected chi connectivity index (χ1v) is 10.9. The molecule has 1 aliphatic rings. The standard InChI is InChI=1S/C19H25ClN4O4S/c1-3-28-19(26)23-8-6-22(7-9-23)17(25)13-29-18-21-15-12-14(20)4-5-16(15)24(18)10-11-27-2/h4-5,12H,3,6-11,13H2,1-2H3. The second-order valence-corrected chi connectivity index (χ2v) is 7.91. The summed E-state index contributed by atoms with van der Waals surface area (Å²) in [6.45, 7) is 5.31. The maximum absolute atomic E-state index is 12.7. The van der Waals surface area contributed by atoms with Crippen molar-refractivity contribution in [3.8, 4) is 0 Å². The van der Waals surface area contributed by atoms with Crippen LogP contribution in [0.15, 0.2) is 23.4 Å². The van der Waals surface area contributed by atoms with Gasteiger partial charge < -0.3 is 23.8 Å². The lowest BCUT2D eigenvalue weighted by molar-refractivity contribution is -0.129. The summed E-state index contributed by atoms with van der Waals surface area (Å²) in [6, 6.07) is 5.58. The third-order valence-electron chi connectivity index (χ3n) is 4.68. The summed E-state index contributed by atoms with van der Waals surface area (Å²) < 4.78 is 12.3. The summed E-state index contributed by atoms with van der Waals surface area (Å²) in [4.78, 5) is 32.5. The molecule has 29 heavy (non-hydrogen) atoms. The predicted octanol–water partition coefficient (Wildman–Crippen LogP) is 2.73. The molecule has 1 aromatic carbocycles. The average Bonchev–Trinajstić information content (AvgIpc) is 3.07. The van der Waals surface area contributed by atoms with E-state index in [1.165, 1.54) is 11.8 Å². The number of benzene rings is 1. The molecule has 10 heteroatoms. The number of rotatable bonds is 7. The first-order valence-electron chi connectivity index (χ1n) is 9.50. The Balaban J connectivity index is 1.61. The van der Waals surface area contributed by atoms with Crippen LogP contribution in [-0.2, 0) is 20.8 Å². The van der Waals surface area contributed by atoms with Crippen molar-refractivity contribution in [2.75, 3.05) is 52.3 Å². The van der Waals surface area contributed by atoms with Gasteiger partial charge in [-0.15, -0.1) is 0 Å². The van der Waals surface area contributed by atoms with Crippen LogP contribution in [0.25, 0.3) is 11.0 Å². The molecule has 0 aliphatic carbocycles. The van der Waals surface area contributed by atoms with Gasteiger partial charge in [0.25, 0.3) is 0 Å². The Morgan fingerprint density at radius 3 is 2.62 bits per heavy atom. The molecule has 1 saturated heterocycles. The third kappa shape index (κ3) is 5.34. The van der Waals surface area contributed by atoms with Crippen LogP contribution in [0.1, 0.15) is 6.92 Å². The highest BCUT2D eigenvalue weighted by atomic mass is 35.5. The van der Waals surface area contributed by atoms with Crippen LogP contribution in [-0.4, -0.2) is 83.6 Å².